The first-order valence-electron chi connectivity index (χ1n) is 3.92. The minimum atomic E-state index is 0.113. The van der Waals surface area contributed by atoms with Crippen LogP contribution in [-0.4, -0.2) is 23.9 Å². The maximum absolute atomic E-state index is 11.2. The molecule has 1 rings (SSSR count). The Bertz CT molecular complexity index is 178. The van der Waals surface area contributed by atoms with Gasteiger partial charge in [-0.3, -0.25) is 4.79 Å². The summed E-state index contributed by atoms with van der Waals surface area (Å²) < 4.78 is 0. The van der Waals surface area contributed by atoms with Crippen LogP contribution in [0.1, 0.15) is 12.8 Å². The van der Waals surface area contributed by atoms with Crippen LogP contribution in [0.15, 0.2) is 24.8 Å². The van der Waals surface area contributed by atoms with Crippen LogP contribution in [0.3, 0.4) is 0 Å². The van der Waals surface area contributed by atoms with Gasteiger partial charge in [0.05, 0.1) is 0 Å². The van der Waals surface area contributed by atoms with Gasteiger partial charge in [0.25, 0.3) is 0 Å². The summed E-state index contributed by atoms with van der Waals surface area (Å²) >= 11 is 0. The highest BCUT2D eigenvalue weighted by Crippen LogP contribution is 2.07. The van der Waals surface area contributed by atoms with Gasteiger partial charge in [-0.1, -0.05) is 18.7 Å². The van der Waals surface area contributed by atoms with Crippen molar-refractivity contribution in [3.63, 3.8) is 0 Å². The lowest BCUT2D eigenvalue weighted by molar-refractivity contribution is -0.124. The Hall–Kier alpha value is -1.05. The molecule has 0 spiro atoms. The van der Waals surface area contributed by atoms with E-state index in [4.69, 9.17) is 0 Å². The van der Waals surface area contributed by atoms with Crippen LogP contribution < -0.4 is 0 Å². The molecule has 0 aromatic rings. The number of amides is 1. The average molecular weight is 151 g/mol. The van der Waals surface area contributed by atoms with Gasteiger partial charge in [0.15, 0.2) is 0 Å². The molecule has 1 aliphatic heterocycles. The predicted octanol–water partition coefficient (Wildman–Crippen LogP) is 1.35. The Morgan fingerprint density at radius 1 is 1.36 bits per heavy atom. The largest absolute Gasteiger partial charge is 0.339 e. The van der Waals surface area contributed by atoms with E-state index in [9.17, 15) is 4.79 Å². The molecular weight excluding hydrogens is 138 g/mol. The Morgan fingerprint density at radius 3 is 2.55 bits per heavy atom. The lowest BCUT2D eigenvalue weighted by Crippen LogP contribution is -2.25. The van der Waals surface area contributed by atoms with E-state index < -0.39 is 0 Å². The summed E-state index contributed by atoms with van der Waals surface area (Å²) in [6.45, 7) is 5.34. The molecule has 1 saturated heterocycles. The molecule has 1 fully saturated rings. The zero-order valence-electron chi connectivity index (χ0n) is 6.62. The van der Waals surface area contributed by atoms with Gasteiger partial charge >= 0.3 is 0 Å². The second-order valence-electron chi connectivity index (χ2n) is 2.63. The fraction of sp³-hybridized carbons (Fsp3) is 0.444. The summed E-state index contributed by atoms with van der Waals surface area (Å²) in [5.74, 6) is 0.113. The monoisotopic (exact) mass is 151 g/mol. The molecule has 0 aromatic heterocycles. The van der Waals surface area contributed by atoms with E-state index >= 15 is 0 Å². The Morgan fingerprint density at radius 2 is 2.00 bits per heavy atom. The van der Waals surface area contributed by atoms with Crippen molar-refractivity contribution < 1.29 is 4.79 Å². The number of hydrogen-bond acceptors (Lipinski definition) is 1. The third-order valence-corrected chi connectivity index (χ3v) is 1.79. The highest BCUT2D eigenvalue weighted by molar-refractivity contribution is 5.87. The molecule has 0 saturated carbocycles. The van der Waals surface area contributed by atoms with Gasteiger partial charge < -0.3 is 4.90 Å². The van der Waals surface area contributed by atoms with E-state index in [1.165, 1.54) is 0 Å². The maximum Gasteiger partial charge on any atom is 0.246 e. The van der Waals surface area contributed by atoms with Gasteiger partial charge in [0, 0.05) is 19.2 Å². The van der Waals surface area contributed by atoms with E-state index in [0.29, 0.717) is 0 Å². The predicted molar refractivity (Wildman–Crippen MR) is 45.2 cm³/mol. The van der Waals surface area contributed by atoms with E-state index in [1.54, 1.807) is 18.2 Å². The molecule has 60 valence electrons. The highest BCUT2D eigenvalue weighted by atomic mass is 16.2. The number of likely N-dealkylation sites (tertiary alicyclic amines) is 1. The Balaban J connectivity index is 2.40. The first-order valence-corrected chi connectivity index (χ1v) is 3.92. The molecule has 0 N–H and O–H groups in total. The normalized spacial score (nSPS) is 17.6. The molecular formula is C9H13NO. The topological polar surface area (TPSA) is 20.3 Å². The van der Waals surface area contributed by atoms with Crippen molar-refractivity contribution in [1.29, 1.82) is 0 Å². The van der Waals surface area contributed by atoms with Crippen molar-refractivity contribution in [2.45, 2.75) is 12.8 Å². The van der Waals surface area contributed by atoms with E-state index in [-0.39, 0.29) is 5.91 Å². The van der Waals surface area contributed by atoms with Gasteiger partial charge in [-0.05, 0) is 12.8 Å². The van der Waals surface area contributed by atoms with E-state index in [0.717, 1.165) is 25.9 Å². The van der Waals surface area contributed by atoms with Crippen LogP contribution in [-0.2, 0) is 4.79 Å². The highest BCUT2D eigenvalue weighted by Gasteiger charge is 2.14. The average Bonchev–Trinajstić information content (AvgIpc) is 2.52. The van der Waals surface area contributed by atoms with Crippen molar-refractivity contribution in [3.05, 3.63) is 24.8 Å². The van der Waals surface area contributed by atoms with E-state index in [2.05, 4.69) is 6.58 Å². The van der Waals surface area contributed by atoms with Gasteiger partial charge in [0.1, 0.15) is 0 Å². The van der Waals surface area contributed by atoms with Crippen LogP contribution in [0.5, 0.6) is 0 Å². The molecule has 1 amide bonds. The number of hydrogen-bond donors (Lipinski definition) is 0. The third kappa shape index (κ3) is 2.22. The molecule has 2 heteroatoms. The lowest BCUT2D eigenvalue weighted by atomic mass is 10.4. The minimum absolute atomic E-state index is 0.113. The zero-order valence-corrected chi connectivity index (χ0v) is 6.62. The molecule has 0 unspecified atom stereocenters. The molecule has 0 aliphatic carbocycles. The first-order chi connectivity index (χ1) is 5.34. The van der Waals surface area contributed by atoms with Gasteiger partial charge in [-0.15, -0.1) is 0 Å². The Kier molecular flexibility index (Phi) is 2.90. The molecule has 0 radical (unpaired) electrons. The molecule has 2 nitrogen and oxygen atoms in total. The molecule has 0 aromatic carbocycles. The molecule has 1 heterocycles. The van der Waals surface area contributed by atoms with Gasteiger partial charge in [-0.25, -0.2) is 0 Å². The summed E-state index contributed by atoms with van der Waals surface area (Å²) in [5, 5.41) is 0. The molecule has 0 bridgehead atoms. The van der Waals surface area contributed by atoms with Gasteiger partial charge in [0.2, 0.25) is 5.91 Å². The molecule has 1 aliphatic rings. The number of nitrogens with zero attached hydrogens (tertiary/aromatic N) is 1. The number of carbonyl (C=O) groups excluding carboxylic acids is 1. The summed E-state index contributed by atoms with van der Waals surface area (Å²) in [6, 6.07) is 0. The summed E-state index contributed by atoms with van der Waals surface area (Å²) in [7, 11) is 0. The smallest absolute Gasteiger partial charge is 0.246 e. The van der Waals surface area contributed by atoms with Gasteiger partial charge in [-0.2, -0.15) is 0 Å². The van der Waals surface area contributed by atoms with Crippen molar-refractivity contribution >= 4 is 5.91 Å². The molecule has 0 atom stereocenters. The summed E-state index contributed by atoms with van der Waals surface area (Å²) in [4.78, 5) is 13.1. The standard InChI is InChI=1S/C9H13NO/c1-2-3-6-9(11)10-7-4-5-8-10/h2-3,6H,1,4-5,7-8H2/b6-3+. The van der Waals surface area contributed by atoms with Crippen molar-refractivity contribution in [1.82, 2.24) is 4.90 Å². The summed E-state index contributed by atoms with van der Waals surface area (Å²) in [5.41, 5.74) is 0. The first kappa shape index (κ1) is 8.05. The third-order valence-electron chi connectivity index (χ3n) is 1.79. The number of allylic oxidation sites excluding steroid dienone is 2. The van der Waals surface area contributed by atoms with Crippen molar-refractivity contribution in [2.75, 3.05) is 13.1 Å². The minimum Gasteiger partial charge on any atom is -0.339 e. The quantitative estimate of drug-likeness (QED) is 0.431. The maximum atomic E-state index is 11.2. The van der Waals surface area contributed by atoms with Crippen LogP contribution in [0.25, 0.3) is 0 Å². The van der Waals surface area contributed by atoms with Crippen molar-refractivity contribution in [2.24, 2.45) is 0 Å². The lowest BCUT2D eigenvalue weighted by Gasteiger charge is -2.11. The van der Waals surface area contributed by atoms with E-state index in [1.807, 2.05) is 4.90 Å². The summed E-state index contributed by atoms with van der Waals surface area (Å²) in [6.07, 6.45) is 7.16. The number of rotatable bonds is 2. The van der Waals surface area contributed by atoms with Crippen LogP contribution >= 0.6 is 0 Å². The fourth-order valence-electron chi connectivity index (χ4n) is 1.19. The second-order valence-corrected chi connectivity index (χ2v) is 2.63. The Labute approximate surface area is 67.2 Å². The SMILES string of the molecule is C=C/C=C/C(=O)N1CCCC1. The molecule has 11 heavy (non-hydrogen) atoms. The van der Waals surface area contributed by atoms with Crippen LogP contribution in [0.2, 0.25) is 0 Å². The van der Waals surface area contributed by atoms with Crippen LogP contribution in [0, 0.1) is 0 Å². The van der Waals surface area contributed by atoms with Crippen molar-refractivity contribution in [3.8, 4) is 0 Å². The second kappa shape index (κ2) is 3.96. The fourth-order valence-corrected chi connectivity index (χ4v) is 1.19. The van der Waals surface area contributed by atoms with Crippen LogP contribution in [0.4, 0.5) is 0 Å². The number of carbonyl (C=O) groups is 1. The zero-order chi connectivity index (χ0) is 8.10.